The highest BCUT2D eigenvalue weighted by molar-refractivity contribution is 5.65. The Kier molecular flexibility index (Phi) is 2.88. The van der Waals surface area contributed by atoms with Crippen molar-refractivity contribution in [2.75, 3.05) is 18.0 Å². The minimum atomic E-state index is -0.254. The predicted octanol–water partition coefficient (Wildman–Crippen LogP) is 3.74. The summed E-state index contributed by atoms with van der Waals surface area (Å²) in [5.74, 6) is -0.254. The van der Waals surface area contributed by atoms with E-state index in [2.05, 4.69) is 34.1 Å². The number of halogens is 1. The summed E-state index contributed by atoms with van der Waals surface area (Å²) in [6.07, 6.45) is 5.87. The minimum absolute atomic E-state index is 0.254. The van der Waals surface area contributed by atoms with Gasteiger partial charge in [-0.25, -0.2) is 9.37 Å². The Balaban J connectivity index is 1.67. The highest BCUT2D eigenvalue weighted by Crippen LogP contribution is 2.25. The van der Waals surface area contributed by atoms with E-state index in [9.17, 15) is 4.39 Å². The van der Waals surface area contributed by atoms with Crippen LogP contribution in [0.3, 0.4) is 0 Å². The minimum Gasteiger partial charge on any atom is -0.372 e. The predicted molar refractivity (Wildman–Crippen MR) is 82.0 cm³/mol. The van der Waals surface area contributed by atoms with Crippen molar-refractivity contribution in [3.05, 3.63) is 54.6 Å². The summed E-state index contributed by atoms with van der Waals surface area (Å²) in [7, 11) is 0. The first-order valence-electron chi connectivity index (χ1n) is 7.29. The molecular weight excluding hydrogens is 265 g/mol. The molecule has 4 rings (SSSR count). The third kappa shape index (κ3) is 2.27. The molecule has 0 radical (unpaired) electrons. The van der Waals surface area contributed by atoms with E-state index in [-0.39, 0.29) is 5.82 Å². The van der Waals surface area contributed by atoms with Gasteiger partial charge in [0.1, 0.15) is 11.5 Å². The molecule has 3 aromatic rings. The number of pyridine rings is 1. The molecule has 1 saturated heterocycles. The number of imidazole rings is 1. The lowest BCUT2D eigenvalue weighted by Crippen LogP contribution is -2.17. The van der Waals surface area contributed by atoms with Gasteiger partial charge in [0.05, 0.1) is 5.69 Å². The average Bonchev–Trinajstić information content (AvgIpc) is 3.16. The molecule has 0 atom stereocenters. The summed E-state index contributed by atoms with van der Waals surface area (Å²) in [5, 5.41) is 0. The Morgan fingerprint density at radius 1 is 0.905 bits per heavy atom. The number of benzene rings is 1. The van der Waals surface area contributed by atoms with Crippen molar-refractivity contribution in [3.63, 3.8) is 0 Å². The van der Waals surface area contributed by atoms with Gasteiger partial charge in [0.2, 0.25) is 0 Å². The fourth-order valence-electron chi connectivity index (χ4n) is 2.92. The van der Waals surface area contributed by atoms with Crippen molar-refractivity contribution in [3.8, 4) is 11.3 Å². The van der Waals surface area contributed by atoms with Crippen LogP contribution in [-0.2, 0) is 0 Å². The van der Waals surface area contributed by atoms with Gasteiger partial charge in [-0.15, -0.1) is 0 Å². The zero-order chi connectivity index (χ0) is 14.2. The van der Waals surface area contributed by atoms with Crippen LogP contribution in [0, 0.1) is 5.82 Å². The lowest BCUT2D eigenvalue weighted by Gasteiger charge is -2.17. The Hall–Kier alpha value is -2.36. The molecule has 21 heavy (non-hydrogen) atoms. The maximum atomic E-state index is 13.2. The SMILES string of the molecule is Fc1ccc2nc(-c3ccc(N4CCCC4)cc3)cn2c1. The third-order valence-corrected chi connectivity index (χ3v) is 4.05. The number of rotatable bonds is 2. The Labute approximate surface area is 122 Å². The summed E-state index contributed by atoms with van der Waals surface area (Å²) < 4.78 is 14.9. The molecule has 0 saturated carbocycles. The molecule has 2 aromatic heterocycles. The van der Waals surface area contributed by atoms with E-state index in [4.69, 9.17) is 0 Å². The first-order chi connectivity index (χ1) is 10.3. The van der Waals surface area contributed by atoms with E-state index in [1.54, 1.807) is 10.5 Å². The Morgan fingerprint density at radius 2 is 1.67 bits per heavy atom. The van der Waals surface area contributed by atoms with Gasteiger partial charge in [-0.2, -0.15) is 0 Å². The zero-order valence-corrected chi connectivity index (χ0v) is 11.7. The van der Waals surface area contributed by atoms with Crippen LogP contribution in [0.15, 0.2) is 48.8 Å². The van der Waals surface area contributed by atoms with Gasteiger partial charge in [0.15, 0.2) is 0 Å². The maximum Gasteiger partial charge on any atom is 0.139 e. The van der Waals surface area contributed by atoms with Gasteiger partial charge in [-0.05, 0) is 37.1 Å². The number of hydrogen-bond donors (Lipinski definition) is 0. The van der Waals surface area contributed by atoms with Gasteiger partial charge in [-0.1, -0.05) is 12.1 Å². The molecule has 4 heteroatoms. The molecular formula is C17H16FN3. The van der Waals surface area contributed by atoms with E-state index in [1.165, 1.54) is 30.8 Å². The summed E-state index contributed by atoms with van der Waals surface area (Å²) in [5.41, 5.74) is 3.96. The molecule has 0 bridgehead atoms. The first-order valence-corrected chi connectivity index (χ1v) is 7.29. The van der Waals surface area contributed by atoms with Crippen molar-refractivity contribution in [2.45, 2.75) is 12.8 Å². The monoisotopic (exact) mass is 281 g/mol. The van der Waals surface area contributed by atoms with Crippen molar-refractivity contribution in [1.29, 1.82) is 0 Å². The van der Waals surface area contributed by atoms with Crippen molar-refractivity contribution >= 4 is 11.3 Å². The Morgan fingerprint density at radius 3 is 2.43 bits per heavy atom. The van der Waals surface area contributed by atoms with Gasteiger partial charge in [0, 0.05) is 36.7 Å². The van der Waals surface area contributed by atoms with E-state index in [0.29, 0.717) is 0 Å². The summed E-state index contributed by atoms with van der Waals surface area (Å²) in [4.78, 5) is 6.94. The number of aromatic nitrogens is 2. The van der Waals surface area contributed by atoms with Gasteiger partial charge in [-0.3, -0.25) is 0 Å². The lowest BCUT2D eigenvalue weighted by atomic mass is 10.1. The zero-order valence-electron chi connectivity index (χ0n) is 11.7. The van der Waals surface area contributed by atoms with Gasteiger partial charge >= 0.3 is 0 Å². The molecule has 1 fully saturated rings. The normalized spacial score (nSPS) is 15.0. The van der Waals surface area contributed by atoms with E-state index in [1.807, 2.05) is 6.20 Å². The Bertz CT molecular complexity index is 770. The fourth-order valence-corrected chi connectivity index (χ4v) is 2.92. The van der Waals surface area contributed by atoms with Gasteiger partial charge in [0.25, 0.3) is 0 Å². The van der Waals surface area contributed by atoms with Crippen LogP contribution in [0.25, 0.3) is 16.9 Å². The van der Waals surface area contributed by atoms with Gasteiger partial charge < -0.3 is 9.30 Å². The topological polar surface area (TPSA) is 20.5 Å². The van der Waals surface area contributed by atoms with Crippen LogP contribution >= 0.6 is 0 Å². The van der Waals surface area contributed by atoms with Crippen LogP contribution in [-0.4, -0.2) is 22.5 Å². The highest BCUT2D eigenvalue weighted by atomic mass is 19.1. The summed E-state index contributed by atoms with van der Waals surface area (Å²) >= 11 is 0. The molecule has 106 valence electrons. The fraction of sp³-hybridized carbons (Fsp3) is 0.235. The van der Waals surface area contributed by atoms with Crippen LogP contribution < -0.4 is 4.90 Å². The smallest absolute Gasteiger partial charge is 0.139 e. The van der Waals surface area contributed by atoms with E-state index in [0.717, 1.165) is 30.0 Å². The lowest BCUT2D eigenvalue weighted by molar-refractivity contribution is 0.619. The van der Waals surface area contributed by atoms with E-state index < -0.39 is 0 Å². The molecule has 0 amide bonds. The quantitative estimate of drug-likeness (QED) is 0.713. The molecule has 1 aliphatic rings. The van der Waals surface area contributed by atoms with E-state index >= 15 is 0 Å². The molecule has 3 heterocycles. The van der Waals surface area contributed by atoms with Crippen molar-refractivity contribution < 1.29 is 4.39 Å². The summed E-state index contributed by atoms with van der Waals surface area (Å²) in [6.45, 7) is 2.29. The largest absolute Gasteiger partial charge is 0.372 e. The van der Waals surface area contributed by atoms with Crippen LogP contribution in [0.4, 0.5) is 10.1 Å². The standard InChI is InChI=1S/C17H16FN3/c18-14-5-8-17-19-16(12-21(17)11-14)13-3-6-15(7-4-13)20-9-1-2-10-20/h3-8,11-12H,1-2,9-10H2. The number of fused-ring (bicyclic) bond motifs is 1. The summed E-state index contributed by atoms with van der Waals surface area (Å²) in [6, 6.07) is 11.6. The van der Waals surface area contributed by atoms with Crippen molar-refractivity contribution in [1.82, 2.24) is 9.38 Å². The molecule has 0 N–H and O–H groups in total. The van der Waals surface area contributed by atoms with Crippen molar-refractivity contribution in [2.24, 2.45) is 0 Å². The third-order valence-electron chi connectivity index (χ3n) is 4.05. The second-order valence-corrected chi connectivity index (χ2v) is 5.48. The second-order valence-electron chi connectivity index (χ2n) is 5.48. The molecule has 0 unspecified atom stereocenters. The number of anilines is 1. The maximum absolute atomic E-state index is 13.2. The van der Waals surface area contributed by atoms with Crippen LogP contribution in [0.5, 0.6) is 0 Å². The molecule has 1 aromatic carbocycles. The number of hydrogen-bond acceptors (Lipinski definition) is 2. The highest BCUT2D eigenvalue weighted by Gasteiger charge is 2.12. The van der Waals surface area contributed by atoms with Crippen LogP contribution in [0.1, 0.15) is 12.8 Å². The first kappa shape index (κ1) is 12.4. The van der Waals surface area contributed by atoms with Crippen LogP contribution in [0.2, 0.25) is 0 Å². The average molecular weight is 281 g/mol. The molecule has 1 aliphatic heterocycles. The number of nitrogens with zero attached hydrogens (tertiary/aromatic N) is 3. The molecule has 0 spiro atoms. The second kappa shape index (κ2) is 4.88. The molecule has 0 aliphatic carbocycles. The molecule has 3 nitrogen and oxygen atoms in total.